The number of carbonyl (C=O) groups is 2. The summed E-state index contributed by atoms with van der Waals surface area (Å²) in [6.45, 7) is 2.05. The van der Waals surface area contributed by atoms with Crippen molar-refractivity contribution in [3.63, 3.8) is 0 Å². The van der Waals surface area contributed by atoms with Crippen molar-refractivity contribution in [2.45, 2.75) is 30.8 Å². The maximum absolute atomic E-state index is 12.7. The molecular weight excluding hydrogens is 372 g/mol. The third-order valence-electron chi connectivity index (χ3n) is 5.69. The van der Waals surface area contributed by atoms with Crippen molar-refractivity contribution in [2.75, 3.05) is 26.7 Å². The zero-order valence-electron chi connectivity index (χ0n) is 15.0. The Morgan fingerprint density at radius 3 is 2.93 bits per heavy atom. The lowest BCUT2D eigenvalue weighted by atomic mass is 9.82. The minimum atomic E-state index is -0.344. The first-order valence-corrected chi connectivity index (χ1v) is 9.34. The van der Waals surface area contributed by atoms with Crippen LogP contribution in [0.5, 0.6) is 0 Å². The first kappa shape index (κ1) is 18.1. The van der Waals surface area contributed by atoms with Gasteiger partial charge in [0.1, 0.15) is 0 Å². The number of amides is 2. The number of rotatable bonds is 3. The molecule has 8 nitrogen and oxygen atoms in total. The molecule has 2 unspecified atom stereocenters. The van der Waals surface area contributed by atoms with Gasteiger partial charge < -0.3 is 19.2 Å². The van der Waals surface area contributed by atoms with Gasteiger partial charge in [-0.25, -0.2) is 0 Å². The van der Waals surface area contributed by atoms with Crippen LogP contribution in [-0.2, 0) is 0 Å². The molecule has 0 aromatic carbocycles. The van der Waals surface area contributed by atoms with Crippen molar-refractivity contribution >= 4 is 23.4 Å². The van der Waals surface area contributed by atoms with E-state index in [1.54, 1.807) is 12.1 Å². The number of hydrogen-bond acceptors (Lipinski definition) is 6. The number of carbonyl (C=O) groups excluding carboxylic acids is 2. The Hall–Kier alpha value is -2.32. The fourth-order valence-corrected chi connectivity index (χ4v) is 4.40. The molecule has 27 heavy (non-hydrogen) atoms. The fraction of sp³-hybridized carbons (Fsp3) is 0.500. The second kappa shape index (κ2) is 7.01. The molecule has 0 aliphatic carbocycles. The summed E-state index contributed by atoms with van der Waals surface area (Å²) in [4.78, 5) is 29.3. The number of likely N-dealkylation sites (tertiary alicyclic amines) is 2. The van der Waals surface area contributed by atoms with Crippen molar-refractivity contribution in [1.82, 2.24) is 20.3 Å². The molecule has 0 radical (unpaired) electrons. The van der Waals surface area contributed by atoms with Crippen LogP contribution >= 0.6 is 11.6 Å². The Morgan fingerprint density at radius 2 is 2.22 bits per heavy atom. The smallest absolute Gasteiger partial charge is 0.290 e. The molecule has 2 amide bonds. The van der Waals surface area contributed by atoms with Crippen LogP contribution in [0.25, 0.3) is 0 Å². The van der Waals surface area contributed by atoms with E-state index in [1.165, 1.54) is 12.3 Å². The van der Waals surface area contributed by atoms with Crippen LogP contribution in [0, 0.1) is 0 Å². The summed E-state index contributed by atoms with van der Waals surface area (Å²) in [5, 5.41) is 6.75. The van der Waals surface area contributed by atoms with E-state index in [9.17, 15) is 9.59 Å². The van der Waals surface area contributed by atoms with Gasteiger partial charge >= 0.3 is 0 Å². The molecule has 2 saturated heterocycles. The Kier molecular flexibility index (Phi) is 4.69. The largest absolute Gasteiger partial charge is 0.459 e. The van der Waals surface area contributed by atoms with Gasteiger partial charge in [-0.3, -0.25) is 14.5 Å². The van der Waals surface area contributed by atoms with E-state index in [-0.39, 0.29) is 34.3 Å². The summed E-state index contributed by atoms with van der Waals surface area (Å²) < 4.78 is 10.2. The molecule has 2 aliphatic rings. The molecule has 1 spiro atoms. The van der Waals surface area contributed by atoms with Crippen LogP contribution in [0.2, 0.25) is 5.15 Å². The average molecular weight is 393 g/mol. The van der Waals surface area contributed by atoms with E-state index < -0.39 is 0 Å². The number of aromatic nitrogens is 1. The van der Waals surface area contributed by atoms with E-state index in [4.69, 9.17) is 20.5 Å². The third-order valence-corrected chi connectivity index (χ3v) is 5.87. The first-order valence-electron chi connectivity index (χ1n) is 8.97. The second-order valence-corrected chi connectivity index (χ2v) is 7.55. The molecule has 2 fully saturated rings. The van der Waals surface area contributed by atoms with E-state index in [1.807, 2.05) is 11.9 Å². The molecule has 144 valence electrons. The van der Waals surface area contributed by atoms with Gasteiger partial charge in [0.05, 0.1) is 17.8 Å². The van der Waals surface area contributed by atoms with E-state index in [2.05, 4.69) is 15.4 Å². The minimum Gasteiger partial charge on any atom is -0.459 e. The average Bonchev–Trinajstić information content (AvgIpc) is 3.40. The summed E-state index contributed by atoms with van der Waals surface area (Å²) in [7, 11) is 2.04. The van der Waals surface area contributed by atoms with Gasteiger partial charge in [-0.2, -0.15) is 0 Å². The highest BCUT2D eigenvalue weighted by Crippen LogP contribution is 2.37. The van der Waals surface area contributed by atoms with Crippen LogP contribution in [0.1, 0.15) is 40.4 Å². The standard InChI is InChI=1S/C18H21ClN4O4/c1-22-8-5-14(20-16(24)13-10-15(19)21-27-13)18(22)6-3-7-23(11-18)17(25)12-4-2-9-26-12/h2,4,9-10,14H,3,5-8,11H2,1H3,(H,20,24). The summed E-state index contributed by atoms with van der Waals surface area (Å²) in [5.41, 5.74) is -0.319. The minimum absolute atomic E-state index is 0.0871. The molecule has 9 heteroatoms. The lowest BCUT2D eigenvalue weighted by molar-refractivity contribution is 0.0294. The summed E-state index contributed by atoms with van der Waals surface area (Å²) in [6, 6.07) is 4.68. The normalized spacial score (nSPS) is 25.9. The Morgan fingerprint density at radius 1 is 1.37 bits per heavy atom. The van der Waals surface area contributed by atoms with Gasteiger partial charge in [-0.05, 0) is 38.4 Å². The van der Waals surface area contributed by atoms with Crippen molar-refractivity contribution in [1.29, 1.82) is 0 Å². The number of hydrogen-bond donors (Lipinski definition) is 1. The molecule has 2 aliphatic heterocycles. The number of halogens is 1. The van der Waals surface area contributed by atoms with Crippen LogP contribution < -0.4 is 5.32 Å². The Labute approximate surface area is 161 Å². The van der Waals surface area contributed by atoms with Gasteiger partial charge in [-0.15, -0.1) is 0 Å². The maximum atomic E-state index is 12.7. The highest BCUT2D eigenvalue weighted by Gasteiger charge is 2.51. The number of likely N-dealkylation sites (N-methyl/N-ethyl adjacent to an activating group) is 1. The Balaban J connectivity index is 1.53. The molecule has 0 saturated carbocycles. The van der Waals surface area contributed by atoms with Gasteiger partial charge in [0.15, 0.2) is 10.9 Å². The van der Waals surface area contributed by atoms with Crippen molar-refractivity contribution in [3.8, 4) is 0 Å². The monoisotopic (exact) mass is 392 g/mol. The van der Waals surface area contributed by atoms with Gasteiger partial charge in [0.2, 0.25) is 5.76 Å². The highest BCUT2D eigenvalue weighted by atomic mass is 35.5. The van der Waals surface area contributed by atoms with Crippen LogP contribution in [-0.4, -0.2) is 65.0 Å². The summed E-state index contributed by atoms with van der Waals surface area (Å²) in [5.74, 6) is -0.0383. The molecule has 2 atom stereocenters. The SMILES string of the molecule is CN1CCC(NC(=O)c2cc(Cl)no2)C12CCCN(C(=O)c1ccco1)C2. The molecule has 2 aromatic rings. The lowest BCUT2D eigenvalue weighted by Gasteiger charge is -2.47. The number of nitrogens with zero attached hydrogens (tertiary/aromatic N) is 3. The van der Waals surface area contributed by atoms with Crippen molar-refractivity contribution in [2.24, 2.45) is 0 Å². The van der Waals surface area contributed by atoms with Gasteiger partial charge in [-0.1, -0.05) is 16.8 Å². The van der Waals surface area contributed by atoms with Gasteiger partial charge in [0, 0.05) is 25.7 Å². The van der Waals surface area contributed by atoms with E-state index in [0.717, 1.165) is 25.8 Å². The van der Waals surface area contributed by atoms with Crippen molar-refractivity contribution < 1.29 is 18.5 Å². The molecule has 4 rings (SSSR count). The zero-order valence-corrected chi connectivity index (χ0v) is 15.7. The second-order valence-electron chi connectivity index (χ2n) is 7.16. The maximum Gasteiger partial charge on any atom is 0.290 e. The predicted octanol–water partition coefficient (Wildman–Crippen LogP) is 2.03. The molecule has 1 N–H and O–H groups in total. The fourth-order valence-electron chi connectivity index (χ4n) is 4.27. The van der Waals surface area contributed by atoms with Crippen LogP contribution in [0.15, 0.2) is 33.4 Å². The molecule has 2 aromatic heterocycles. The molecule has 4 heterocycles. The van der Waals surface area contributed by atoms with Gasteiger partial charge in [0.25, 0.3) is 11.8 Å². The third kappa shape index (κ3) is 3.23. The number of piperidine rings is 1. The van der Waals surface area contributed by atoms with E-state index >= 15 is 0 Å². The molecular formula is C18H21ClN4O4. The quantitative estimate of drug-likeness (QED) is 0.859. The molecule has 0 bridgehead atoms. The first-order chi connectivity index (χ1) is 13.0. The number of nitrogens with one attached hydrogen (secondary N) is 1. The highest BCUT2D eigenvalue weighted by molar-refractivity contribution is 6.29. The lowest BCUT2D eigenvalue weighted by Crippen LogP contribution is -2.64. The van der Waals surface area contributed by atoms with E-state index in [0.29, 0.717) is 18.8 Å². The predicted molar refractivity (Wildman–Crippen MR) is 96.6 cm³/mol. The van der Waals surface area contributed by atoms with Crippen molar-refractivity contribution in [3.05, 3.63) is 41.1 Å². The summed E-state index contributed by atoms with van der Waals surface area (Å²) in [6.07, 6.45) is 4.05. The Bertz CT molecular complexity index is 836. The topological polar surface area (TPSA) is 91.8 Å². The zero-order chi connectivity index (χ0) is 19.0. The van der Waals surface area contributed by atoms with Crippen LogP contribution in [0.4, 0.5) is 0 Å². The van der Waals surface area contributed by atoms with Crippen LogP contribution in [0.3, 0.4) is 0 Å². The number of furan rings is 1. The summed E-state index contributed by atoms with van der Waals surface area (Å²) >= 11 is 5.74.